The Morgan fingerprint density at radius 3 is 2.51 bits per heavy atom. The van der Waals surface area contributed by atoms with Crippen LogP contribution in [0, 0.1) is 0 Å². The van der Waals surface area contributed by atoms with E-state index in [-0.39, 0.29) is 24.8 Å². The van der Waals surface area contributed by atoms with Gasteiger partial charge in [-0.15, -0.1) is 0 Å². The number of ether oxygens (including phenoxy) is 1. The van der Waals surface area contributed by atoms with Crippen LogP contribution in [0.3, 0.4) is 0 Å². The van der Waals surface area contributed by atoms with Gasteiger partial charge in [-0.2, -0.15) is 0 Å². The van der Waals surface area contributed by atoms with Gasteiger partial charge < -0.3 is 20.7 Å². The van der Waals surface area contributed by atoms with Gasteiger partial charge in [0.2, 0.25) is 11.8 Å². The molecule has 0 radical (unpaired) electrons. The number of amides is 3. The first-order valence-electron chi connectivity index (χ1n) is 11.5. The Morgan fingerprint density at radius 1 is 0.971 bits per heavy atom. The first-order valence-corrected chi connectivity index (χ1v) is 11.5. The van der Waals surface area contributed by atoms with Crippen molar-refractivity contribution in [2.45, 2.75) is 38.6 Å². The second kappa shape index (κ2) is 9.50. The molecule has 0 saturated carbocycles. The quantitative estimate of drug-likeness (QED) is 0.361. The number of nitrogens with two attached hydrogens (primary N) is 1. The van der Waals surface area contributed by atoms with Crippen molar-refractivity contribution in [3.8, 4) is 5.75 Å². The molecule has 1 fully saturated rings. The summed E-state index contributed by atoms with van der Waals surface area (Å²) in [6, 6.07) is 20.5. The van der Waals surface area contributed by atoms with E-state index >= 15 is 0 Å². The minimum Gasteiger partial charge on any atom is -0.489 e. The maximum atomic E-state index is 13.0. The first-order chi connectivity index (χ1) is 17.0. The Labute approximate surface area is 203 Å². The molecule has 1 atom stereocenters. The lowest BCUT2D eigenvalue weighted by atomic mass is 10.0. The van der Waals surface area contributed by atoms with Crippen molar-refractivity contribution < 1.29 is 19.1 Å². The van der Waals surface area contributed by atoms with Crippen LogP contribution in [0.1, 0.15) is 39.9 Å². The minimum absolute atomic E-state index is 0.212. The van der Waals surface area contributed by atoms with Crippen molar-refractivity contribution in [3.63, 3.8) is 0 Å². The number of piperidine rings is 1. The zero-order valence-electron chi connectivity index (χ0n) is 19.1. The summed E-state index contributed by atoms with van der Waals surface area (Å²) < 4.78 is 6.08. The standard InChI is InChI=1S/C27H26N4O4/c28-21-5-1-2-6-22(21)29-14-17-8-10-18(11-9-17)16-35-24-7-3-4-19-20(24)15-31(27(19)34)23-12-13-25(32)30-26(23)33/h1-11,23,29H,12-16,28H2,(H,30,32,33). The molecule has 8 nitrogen and oxygen atoms in total. The summed E-state index contributed by atoms with van der Waals surface area (Å²) in [4.78, 5) is 38.3. The molecule has 2 aliphatic heterocycles. The number of carbonyl (C=O) groups excluding carboxylic acids is 3. The fraction of sp³-hybridized carbons (Fsp3) is 0.222. The molecular formula is C27H26N4O4. The monoisotopic (exact) mass is 470 g/mol. The molecule has 3 aromatic carbocycles. The summed E-state index contributed by atoms with van der Waals surface area (Å²) >= 11 is 0. The number of para-hydroxylation sites is 2. The van der Waals surface area contributed by atoms with E-state index in [9.17, 15) is 14.4 Å². The van der Waals surface area contributed by atoms with Crippen LogP contribution in [0.25, 0.3) is 0 Å². The predicted octanol–water partition coefficient (Wildman–Crippen LogP) is 3.22. The van der Waals surface area contributed by atoms with Crippen LogP contribution in [-0.4, -0.2) is 28.7 Å². The fourth-order valence-electron chi connectivity index (χ4n) is 4.46. The number of rotatable bonds is 7. The van der Waals surface area contributed by atoms with Crippen molar-refractivity contribution >= 4 is 29.1 Å². The number of carbonyl (C=O) groups is 3. The summed E-state index contributed by atoms with van der Waals surface area (Å²) in [7, 11) is 0. The van der Waals surface area contributed by atoms with Crippen molar-refractivity contribution in [3.05, 3.63) is 89.0 Å². The van der Waals surface area contributed by atoms with Gasteiger partial charge in [-0.05, 0) is 41.8 Å². The number of nitrogen functional groups attached to an aromatic ring is 1. The van der Waals surface area contributed by atoms with Gasteiger partial charge in [-0.1, -0.05) is 42.5 Å². The summed E-state index contributed by atoms with van der Waals surface area (Å²) in [5.74, 6) is -0.313. The average molecular weight is 471 g/mol. The van der Waals surface area contributed by atoms with Crippen LogP contribution >= 0.6 is 0 Å². The highest BCUT2D eigenvalue weighted by Crippen LogP contribution is 2.34. The third kappa shape index (κ3) is 4.68. The molecule has 0 spiro atoms. The van der Waals surface area contributed by atoms with Crippen molar-refractivity contribution in [2.75, 3.05) is 11.1 Å². The lowest BCUT2D eigenvalue weighted by Gasteiger charge is -2.29. The van der Waals surface area contributed by atoms with Gasteiger partial charge in [-0.25, -0.2) is 0 Å². The molecule has 3 aromatic rings. The maximum absolute atomic E-state index is 13.0. The van der Waals surface area contributed by atoms with Gasteiger partial charge in [0.05, 0.1) is 17.9 Å². The zero-order chi connectivity index (χ0) is 24.4. The predicted molar refractivity (Wildman–Crippen MR) is 131 cm³/mol. The number of benzene rings is 3. The molecule has 35 heavy (non-hydrogen) atoms. The smallest absolute Gasteiger partial charge is 0.255 e. The summed E-state index contributed by atoms with van der Waals surface area (Å²) in [6.45, 7) is 1.28. The van der Waals surface area contributed by atoms with Crippen molar-refractivity contribution in [1.29, 1.82) is 0 Å². The summed E-state index contributed by atoms with van der Waals surface area (Å²) in [5.41, 5.74) is 11.0. The van der Waals surface area contributed by atoms with E-state index in [1.54, 1.807) is 12.1 Å². The lowest BCUT2D eigenvalue weighted by Crippen LogP contribution is -2.52. The van der Waals surface area contributed by atoms with E-state index in [2.05, 4.69) is 10.6 Å². The molecular weight excluding hydrogens is 444 g/mol. The molecule has 1 unspecified atom stereocenters. The van der Waals surface area contributed by atoms with Crippen LogP contribution in [0.15, 0.2) is 66.7 Å². The SMILES string of the molecule is Nc1ccccc1NCc1ccc(COc2cccc3c2CN(C2CCC(=O)NC2=O)C3=O)cc1. The normalized spacial score (nSPS) is 17.2. The third-order valence-corrected chi connectivity index (χ3v) is 6.40. The Morgan fingerprint density at radius 2 is 1.74 bits per heavy atom. The lowest BCUT2D eigenvalue weighted by molar-refractivity contribution is -0.136. The molecule has 5 rings (SSSR count). The van der Waals surface area contributed by atoms with Crippen LogP contribution in [0.5, 0.6) is 5.75 Å². The van der Waals surface area contributed by atoms with Gasteiger partial charge in [0.15, 0.2) is 0 Å². The molecule has 3 amide bonds. The van der Waals surface area contributed by atoms with Gasteiger partial charge in [0.1, 0.15) is 18.4 Å². The highest BCUT2D eigenvalue weighted by Gasteiger charge is 2.40. The average Bonchev–Trinajstić information content (AvgIpc) is 3.20. The van der Waals surface area contributed by atoms with E-state index in [4.69, 9.17) is 10.5 Å². The summed E-state index contributed by atoms with van der Waals surface area (Å²) in [6.07, 6.45) is 0.558. The molecule has 2 heterocycles. The van der Waals surface area contributed by atoms with Crippen molar-refractivity contribution in [2.24, 2.45) is 0 Å². The molecule has 1 saturated heterocycles. The molecule has 0 bridgehead atoms. The largest absolute Gasteiger partial charge is 0.489 e. The number of hydrogen-bond acceptors (Lipinski definition) is 6. The highest BCUT2D eigenvalue weighted by molar-refractivity contribution is 6.05. The van der Waals surface area contributed by atoms with Crippen LogP contribution in [-0.2, 0) is 29.3 Å². The van der Waals surface area contributed by atoms with Crippen LogP contribution in [0.4, 0.5) is 11.4 Å². The number of hydrogen-bond donors (Lipinski definition) is 3. The molecule has 0 aliphatic carbocycles. The van der Waals surface area contributed by atoms with Gasteiger partial charge >= 0.3 is 0 Å². The van der Waals surface area contributed by atoms with Crippen LogP contribution < -0.4 is 21.1 Å². The Balaban J connectivity index is 1.22. The van der Waals surface area contributed by atoms with E-state index < -0.39 is 11.9 Å². The van der Waals surface area contributed by atoms with Crippen molar-refractivity contribution in [1.82, 2.24) is 10.2 Å². The second-order valence-corrected chi connectivity index (χ2v) is 8.73. The number of imide groups is 1. The molecule has 4 N–H and O–H groups in total. The number of anilines is 2. The number of fused-ring (bicyclic) bond motifs is 1. The van der Waals surface area contributed by atoms with Crippen LogP contribution in [0.2, 0.25) is 0 Å². The Bertz CT molecular complexity index is 1290. The van der Waals surface area contributed by atoms with Gasteiger partial charge in [-0.3, -0.25) is 19.7 Å². The maximum Gasteiger partial charge on any atom is 0.255 e. The molecule has 8 heteroatoms. The minimum atomic E-state index is -0.646. The Hall–Kier alpha value is -4.33. The van der Waals surface area contributed by atoms with Gasteiger partial charge in [0, 0.05) is 24.1 Å². The topological polar surface area (TPSA) is 114 Å². The number of nitrogens with one attached hydrogen (secondary N) is 2. The number of nitrogens with zero attached hydrogens (tertiary/aromatic N) is 1. The van der Waals surface area contributed by atoms with E-state index in [1.165, 1.54) is 4.90 Å². The third-order valence-electron chi connectivity index (χ3n) is 6.40. The molecule has 2 aliphatic rings. The van der Waals surface area contributed by atoms with E-state index in [0.717, 1.165) is 22.4 Å². The van der Waals surface area contributed by atoms with E-state index in [1.807, 2.05) is 54.6 Å². The fourth-order valence-corrected chi connectivity index (χ4v) is 4.46. The van der Waals surface area contributed by atoms with Gasteiger partial charge in [0.25, 0.3) is 5.91 Å². The second-order valence-electron chi connectivity index (χ2n) is 8.73. The Kier molecular flexibility index (Phi) is 6.10. The molecule has 0 aromatic heterocycles. The molecule has 178 valence electrons. The highest BCUT2D eigenvalue weighted by atomic mass is 16.5. The summed E-state index contributed by atoms with van der Waals surface area (Å²) in [5, 5.41) is 5.66. The van der Waals surface area contributed by atoms with E-state index in [0.29, 0.717) is 36.6 Å². The zero-order valence-corrected chi connectivity index (χ0v) is 19.1. The first kappa shape index (κ1) is 22.5.